The minimum Gasteiger partial charge on any atom is -0.453 e. The lowest BCUT2D eigenvalue weighted by atomic mass is 9.68. The Hall–Kier alpha value is -0.280. The first-order valence-electron chi connectivity index (χ1n) is 8.40. The molecule has 1 aliphatic carbocycles. The van der Waals surface area contributed by atoms with Crippen LogP contribution in [0.15, 0.2) is 21.2 Å². The molecule has 21 heavy (non-hydrogen) atoms. The van der Waals surface area contributed by atoms with E-state index >= 15 is 0 Å². The summed E-state index contributed by atoms with van der Waals surface area (Å²) < 4.78 is 6.68. The van der Waals surface area contributed by atoms with Crippen LogP contribution in [-0.2, 0) is 0 Å². The maximum atomic E-state index is 5.84. The van der Waals surface area contributed by atoms with Crippen molar-refractivity contribution in [2.45, 2.75) is 65.8 Å². The molecule has 1 fully saturated rings. The maximum Gasteiger partial charge on any atom is 0.169 e. The molecule has 1 heterocycles. The predicted molar refractivity (Wildman–Crippen MR) is 92.3 cm³/mol. The molecule has 120 valence electrons. The highest BCUT2D eigenvalue weighted by molar-refractivity contribution is 9.10. The van der Waals surface area contributed by atoms with Gasteiger partial charge in [-0.15, -0.1) is 0 Å². The van der Waals surface area contributed by atoms with Crippen LogP contribution < -0.4 is 5.32 Å². The van der Waals surface area contributed by atoms with Gasteiger partial charge in [0.15, 0.2) is 4.67 Å². The van der Waals surface area contributed by atoms with Gasteiger partial charge in [-0.05, 0) is 84.0 Å². The van der Waals surface area contributed by atoms with E-state index in [1.165, 1.54) is 25.7 Å². The van der Waals surface area contributed by atoms with Crippen molar-refractivity contribution < 1.29 is 4.42 Å². The van der Waals surface area contributed by atoms with Crippen LogP contribution in [0.25, 0.3) is 0 Å². The Balaban J connectivity index is 2.02. The second-order valence-corrected chi connectivity index (χ2v) is 8.33. The molecule has 1 aromatic rings. The molecule has 2 nitrogen and oxygen atoms in total. The van der Waals surface area contributed by atoms with Crippen molar-refractivity contribution in [3.63, 3.8) is 0 Å². The van der Waals surface area contributed by atoms with Crippen LogP contribution >= 0.6 is 15.9 Å². The molecule has 1 atom stereocenters. The smallest absolute Gasteiger partial charge is 0.169 e. The molecule has 0 spiro atoms. The molecule has 0 radical (unpaired) electrons. The highest BCUT2D eigenvalue weighted by Crippen LogP contribution is 2.43. The molecular formula is C18H30BrNO. The normalized spacial score (nSPS) is 25.0. The predicted octanol–water partition coefficient (Wildman–Crippen LogP) is 5.94. The van der Waals surface area contributed by atoms with E-state index in [1.807, 2.05) is 6.07 Å². The van der Waals surface area contributed by atoms with Gasteiger partial charge in [-0.25, -0.2) is 0 Å². The first-order valence-corrected chi connectivity index (χ1v) is 9.19. The minimum absolute atomic E-state index is 0.372. The Kier molecular flexibility index (Phi) is 5.96. The van der Waals surface area contributed by atoms with Crippen LogP contribution in [0.4, 0.5) is 0 Å². The SMILES string of the molecule is CCCNC(c1ccc(Br)o1)C1CCC(C(C)(C)C)CC1. The Morgan fingerprint density at radius 2 is 1.90 bits per heavy atom. The maximum absolute atomic E-state index is 5.84. The van der Waals surface area contributed by atoms with Crippen LogP contribution in [0.5, 0.6) is 0 Å². The van der Waals surface area contributed by atoms with Gasteiger partial charge in [-0.1, -0.05) is 27.7 Å². The van der Waals surface area contributed by atoms with E-state index in [0.29, 0.717) is 17.4 Å². The van der Waals surface area contributed by atoms with Gasteiger partial charge in [-0.2, -0.15) is 0 Å². The number of furan rings is 1. The Morgan fingerprint density at radius 3 is 2.38 bits per heavy atom. The molecule has 1 aliphatic rings. The number of hydrogen-bond donors (Lipinski definition) is 1. The number of halogens is 1. The lowest BCUT2D eigenvalue weighted by molar-refractivity contribution is 0.127. The molecule has 1 unspecified atom stereocenters. The summed E-state index contributed by atoms with van der Waals surface area (Å²) in [7, 11) is 0. The van der Waals surface area contributed by atoms with Crippen molar-refractivity contribution in [3.8, 4) is 0 Å². The van der Waals surface area contributed by atoms with Gasteiger partial charge in [0.25, 0.3) is 0 Å². The van der Waals surface area contributed by atoms with E-state index in [-0.39, 0.29) is 0 Å². The third-order valence-electron chi connectivity index (χ3n) is 4.98. The number of hydrogen-bond acceptors (Lipinski definition) is 2. The Labute approximate surface area is 138 Å². The quantitative estimate of drug-likeness (QED) is 0.707. The second-order valence-electron chi connectivity index (χ2n) is 7.55. The van der Waals surface area contributed by atoms with Gasteiger partial charge in [0.05, 0.1) is 6.04 Å². The zero-order chi connectivity index (χ0) is 15.5. The highest BCUT2D eigenvalue weighted by atomic mass is 79.9. The van der Waals surface area contributed by atoms with E-state index in [2.05, 4.69) is 55.0 Å². The molecule has 2 rings (SSSR count). The molecule has 0 aromatic carbocycles. The molecule has 3 heteroatoms. The molecule has 1 aromatic heterocycles. The van der Waals surface area contributed by atoms with Gasteiger partial charge in [0.2, 0.25) is 0 Å². The summed E-state index contributed by atoms with van der Waals surface area (Å²) in [5, 5.41) is 3.71. The summed E-state index contributed by atoms with van der Waals surface area (Å²) >= 11 is 3.43. The van der Waals surface area contributed by atoms with Gasteiger partial charge in [0, 0.05) is 0 Å². The number of rotatable bonds is 5. The third-order valence-corrected chi connectivity index (χ3v) is 5.41. The molecule has 0 bridgehead atoms. The molecule has 0 saturated heterocycles. The summed E-state index contributed by atoms with van der Waals surface area (Å²) in [6.45, 7) is 10.4. The largest absolute Gasteiger partial charge is 0.453 e. The summed E-state index contributed by atoms with van der Waals surface area (Å²) in [5.41, 5.74) is 0.449. The van der Waals surface area contributed by atoms with Crippen molar-refractivity contribution in [3.05, 3.63) is 22.6 Å². The molecule has 0 amide bonds. The van der Waals surface area contributed by atoms with Crippen LogP contribution in [-0.4, -0.2) is 6.54 Å². The molecule has 1 N–H and O–H groups in total. The molecular weight excluding hydrogens is 326 g/mol. The Morgan fingerprint density at radius 1 is 1.24 bits per heavy atom. The first kappa shape index (κ1) is 17.1. The summed E-state index contributed by atoms with van der Waals surface area (Å²) in [5.74, 6) is 2.66. The van der Waals surface area contributed by atoms with Crippen molar-refractivity contribution in [2.24, 2.45) is 17.3 Å². The molecule has 0 aliphatic heterocycles. The average molecular weight is 356 g/mol. The fraction of sp³-hybridized carbons (Fsp3) is 0.778. The zero-order valence-corrected chi connectivity index (χ0v) is 15.5. The standard InChI is InChI=1S/C18H30BrNO/c1-5-12-20-17(15-10-11-16(19)21-15)13-6-8-14(9-7-13)18(2,3)4/h10-11,13-14,17,20H,5-9,12H2,1-4H3. The van der Waals surface area contributed by atoms with E-state index in [0.717, 1.165) is 29.3 Å². The first-order chi connectivity index (χ1) is 9.91. The van der Waals surface area contributed by atoms with Gasteiger partial charge in [0.1, 0.15) is 5.76 Å². The van der Waals surface area contributed by atoms with Crippen molar-refractivity contribution in [2.75, 3.05) is 6.54 Å². The van der Waals surface area contributed by atoms with Crippen LogP contribution in [0, 0.1) is 17.3 Å². The summed E-state index contributed by atoms with van der Waals surface area (Å²) in [4.78, 5) is 0. The van der Waals surface area contributed by atoms with Crippen molar-refractivity contribution >= 4 is 15.9 Å². The fourth-order valence-electron chi connectivity index (χ4n) is 3.61. The highest BCUT2D eigenvalue weighted by Gasteiger charge is 2.34. The molecule has 1 saturated carbocycles. The van der Waals surface area contributed by atoms with Crippen molar-refractivity contribution in [1.82, 2.24) is 5.32 Å². The van der Waals surface area contributed by atoms with Crippen LogP contribution in [0.1, 0.15) is 71.6 Å². The fourth-order valence-corrected chi connectivity index (χ4v) is 3.93. The van der Waals surface area contributed by atoms with E-state index < -0.39 is 0 Å². The van der Waals surface area contributed by atoms with Crippen LogP contribution in [0.3, 0.4) is 0 Å². The van der Waals surface area contributed by atoms with E-state index in [9.17, 15) is 0 Å². The monoisotopic (exact) mass is 355 g/mol. The van der Waals surface area contributed by atoms with Crippen molar-refractivity contribution in [1.29, 1.82) is 0 Å². The zero-order valence-electron chi connectivity index (χ0n) is 13.9. The van der Waals surface area contributed by atoms with E-state index in [1.54, 1.807) is 0 Å². The Bertz CT molecular complexity index is 427. The van der Waals surface area contributed by atoms with Gasteiger partial charge >= 0.3 is 0 Å². The van der Waals surface area contributed by atoms with E-state index in [4.69, 9.17) is 4.42 Å². The summed E-state index contributed by atoms with van der Waals surface area (Å²) in [6.07, 6.45) is 6.47. The van der Waals surface area contributed by atoms with Gasteiger partial charge in [-0.3, -0.25) is 0 Å². The second kappa shape index (κ2) is 7.32. The van der Waals surface area contributed by atoms with Crippen LogP contribution in [0.2, 0.25) is 0 Å². The topological polar surface area (TPSA) is 25.2 Å². The van der Waals surface area contributed by atoms with Gasteiger partial charge < -0.3 is 9.73 Å². The summed E-state index contributed by atoms with van der Waals surface area (Å²) in [6, 6.07) is 4.50. The third kappa shape index (κ3) is 4.59. The minimum atomic E-state index is 0.372. The lowest BCUT2D eigenvalue weighted by Gasteiger charge is -2.39. The number of nitrogens with one attached hydrogen (secondary N) is 1. The average Bonchev–Trinajstić information content (AvgIpc) is 2.85. The lowest BCUT2D eigenvalue weighted by Crippen LogP contribution is -2.33.